The van der Waals surface area contributed by atoms with Crippen LogP contribution in [0.25, 0.3) is 0 Å². The lowest BCUT2D eigenvalue weighted by Gasteiger charge is -2.18. The quantitative estimate of drug-likeness (QED) is 0.541. The number of halogens is 1. The largest absolute Gasteiger partial charge is 0.493 e. The third-order valence-electron chi connectivity index (χ3n) is 3.30. The molecule has 1 rings (SSSR count). The van der Waals surface area contributed by atoms with Crippen LogP contribution >= 0.6 is 15.9 Å². The van der Waals surface area contributed by atoms with E-state index in [0.29, 0.717) is 0 Å². The fourth-order valence-electron chi connectivity index (χ4n) is 2.07. The second-order valence-corrected chi connectivity index (χ2v) is 5.67. The molecule has 1 aromatic carbocycles. The third-order valence-corrected chi connectivity index (χ3v) is 4.08. The molecular weight excluding hydrogens is 400 g/mol. The van der Waals surface area contributed by atoms with Crippen molar-refractivity contribution >= 4 is 33.7 Å². The van der Waals surface area contributed by atoms with Crippen LogP contribution in [-0.2, 0) is 9.59 Å². The van der Waals surface area contributed by atoms with Crippen LogP contribution in [0.1, 0.15) is 23.2 Å². The summed E-state index contributed by atoms with van der Waals surface area (Å²) in [5.41, 5.74) is 5.10. The molecule has 1 aromatic rings. The Bertz CT molecular complexity index is 678. The summed E-state index contributed by atoms with van der Waals surface area (Å²) in [7, 11) is 4.19. The molecule has 0 saturated carbocycles. The van der Waals surface area contributed by atoms with Crippen LogP contribution in [-0.4, -0.2) is 50.3 Å². The van der Waals surface area contributed by atoms with Gasteiger partial charge in [0.25, 0.3) is 5.91 Å². The number of ether oxygens (including phenoxy) is 3. The van der Waals surface area contributed by atoms with Crippen molar-refractivity contribution in [2.24, 2.45) is 5.73 Å². The van der Waals surface area contributed by atoms with Gasteiger partial charge >= 0.3 is 5.97 Å². The molecule has 0 aliphatic heterocycles. The molecule has 25 heavy (non-hydrogen) atoms. The third kappa shape index (κ3) is 4.99. The minimum absolute atomic E-state index is 0.0832. The summed E-state index contributed by atoms with van der Waals surface area (Å²) >= 11 is 3.24. The van der Waals surface area contributed by atoms with Gasteiger partial charge < -0.3 is 30.4 Å². The van der Waals surface area contributed by atoms with Crippen molar-refractivity contribution in [3.8, 4) is 17.2 Å². The summed E-state index contributed by atoms with van der Waals surface area (Å²) in [4.78, 5) is 34.6. The Hall–Kier alpha value is -2.49. The van der Waals surface area contributed by atoms with E-state index in [0.717, 1.165) is 0 Å². The highest BCUT2D eigenvalue weighted by Gasteiger charge is 2.26. The monoisotopic (exact) mass is 418 g/mol. The number of hydrogen-bond donors (Lipinski definition) is 3. The molecule has 138 valence electrons. The highest BCUT2D eigenvalue weighted by molar-refractivity contribution is 9.10. The van der Waals surface area contributed by atoms with Crippen LogP contribution in [0.5, 0.6) is 17.2 Å². The predicted octanol–water partition coefficient (Wildman–Crippen LogP) is 0.923. The maximum absolute atomic E-state index is 12.5. The Kier molecular flexibility index (Phi) is 7.49. The second kappa shape index (κ2) is 9.11. The SMILES string of the molecule is COc1cc(C(=O)NC(CCC(N)=O)C(=O)O)c(Br)c(OC)c1OC. The van der Waals surface area contributed by atoms with Crippen molar-refractivity contribution < 1.29 is 33.7 Å². The zero-order valence-corrected chi connectivity index (χ0v) is 15.5. The van der Waals surface area contributed by atoms with Gasteiger partial charge in [0.15, 0.2) is 11.5 Å². The van der Waals surface area contributed by atoms with Crippen molar-refractivity contribution in [3.63, 3.8) is 0 Å². The van der Waals surface area contributed by atoms with Crippen molar-refractivity contribution in [2.45, 2.75) is 18.9 Å². The number of carbonyl (C=O) groups excluding carboxylic acids is 2. The molecule has 1 unspecified atom stereocenters. The maximum Gasteiger partial charge on any atom is 0.326 e. The lowest BCUT2D eigenvalue weighted by molar-refractivity contribution is -0.139. The van der Waals surface area contributed by atoms with E-state index in [2.05, 4.69) is 21.2 Å². The molecule has 9 nitrogen and oxygen atoms in total. The summed E-state index contributed by atoms with van der Waals surface area (Å²) in [5, 5.41) is 11.5. The molecule has 4 N–H and O–H groups in total. The molecule has 0 spiro atoms. The highest BCUT2D eigenvalue weighted by Crippen LogP contribution is 2.44. The Morgan fingerprint density at radius 3 is 2.24 bits per heavy atom. The van der Waals surface area contributed by atoms with Gasteiger partial charge in [-0.15, -0.1) is 0 Å². The van der Waals surface area contributed by atoms with E-state index in [-0.39, 0.29) is 40.1 Å². The van der Waals surface area contributed by atoms with Crippen LogP contribution < -0.4 is 25.3 Å². The molecule has 0 aliphatic rings. The second-order valence-electron chi connectivity index (χ2n) is 4.88. The van der Waals surface area contributed by atoms with Gasteiger partial charge in [-0.25, -0.2) is 4.79 Å². The number of carbonyl (C=O) groups is 3. The van der Waals surface area contributed by atoms with Crippen LogP contribution in [0.3, 0.4) is 0 Å². The number of hydrogen-bond acceptors (Lipinski definition) is 6. The van der Waals surface area contributed by atoms with E-state index < -0.39 is 23.8 Å². The van der Waals surface area contributed by atoms with Crippen molar-refractivity contribution in [3.05, 3.63) is 16.1 Å². The fraction of sp³-hybridized carbons (Fsp3) is 0.400. The van der Waals surface area contributed by atoms with Crippen LogP contribution in [0.4, 0.5) is 0 Å². The van der Waals surface area contributed by atoms with Gasteiger partial charge in [-0.1, -0.05) is 0 Å². The molecule has 0 saturated heterocycles. The lowest BCUT2D eigenvalue weighted by atomic mass is 10.1. The first-order valence-electron chi connectivity index (χ1n) is 7.07. The molecule has 0 bridgehead atoms. The van der Waals surface area contributed by atoms with Gasteiger partial charge in [0.2, 0.25) is 11.7 Å². The number of amides is 2. The zero-order chi connectivity index (χ0) is 19.1. The number of aliphatic carboxylic acids is 1. The number of nitrogens with one attached hydrogen (secondary N) is 1. The first-order valence-corrected chi connectivity index (χ1v) is 7.86. The molecule has 10 heteroatoms. The number of methoxy groups -OCH3 is 3. The van der Waals surface area contributed by atoms with Crippen LogP contribution in [0.15, 0.2) is 10.5 Å². The average Bonchev–Trinajstić information content (AvgIpc) is 2.57. The predicted molar refractivity (Wildman–Crippen MR) is 91.1 cm³/mol. The van der Waals surface area contributed by atoms with Gasteiger partial charge in [-0.3, -0.25) is 9.59 Å². The number of rotatable bonds is 9. The van der Waals surface area contributed by atoms with Crippen LogP contribution in [0, 0.1) is 0 Å². The van der Waals surface area contributed by atoms with Gasteiger partial charge in [-0.05, 0) is 28.4 Å². The zero-order valence-electron chi connectivity index (χ0n) is 13.9. The standard InChI is InChI=1S/C15H19BrN2O7/c1-23-9-6-7(11(16)13(25-3)12(9)24-2)14(20)18-8(15(21)22)4-5-10(17)19/h6,8H,4-5H2,1-3H3,(H2,17,19)(H,18,20)(H,21,22). The summed E-state index contributed by atoms with van der Waals surface area (Å²) in [6, 6.07) is 0.110. The summed E-state index contributed by atoms with van der Waals surface area (Å²) < 4.78 is 15.9. The number of benzene rings is 1. The molecule has 2 amide bonds. The summed E-state index contributed by atoms with van der Waals surface area (Å²) in [6.45, 7) is 0. The topological polar surface area (TPSA) is 137 Å². The first-order chi connectivity index (χ1) is 11.8. The Morgan fingerprint density at radius 1 is 1.20 bits per heavy atom. The van der Waals surface area contributed by atoms with Crippen molar-refractivity contribution in [1.29, 1.82) is 0 Å². The summed E-state index contributed by atoms with van der Waals surface area (Å²) in [5.74, 6) is -1.90. The number of carboxylic acids is 1. The molecule has 0 aliphatic carbocycles. The molecule has 0 heterocycles. The van der Waals surface area contributed by atoms with E-state index in [9.17, 15) is 19.5 Å². The van der Waals surface area contributed by atoms with Crippen molar-refractivity contribution in [2.75, 3.05) is 21.3 Å². The normalized spacial score (nSPS) is 11.4. The summed E-state index contributed by atoms with van der Waals surface area (Å²) in [6.07, 6.45) is -0.299. The van der Waals surface area contributed by atoms with Gasteiger partial charge in [-0.2, -0.15) is 0 Å². The Morgan fingerprint density at radius 2 is 1.80 bits per heavy atom. The smallest absolute Gasteiger partial charge is 0.326 e. The molecule has 0 aromatic heterocycles. The lowest BCUT2D eigenvalue weighted by Crippen LogP contribution is -2.41. The van der Waals surface area contributed by atoms with E-state index in [1.165, 1.54) is 27.4 Å². The van der Waals surface area contributed by atoms with Gasteiger partial charge in [0, 0.05) is 6.42 Å². The van der Waals surface area contributed by atoms with Gasteiger partial charge in [0.1, 0.15) is 6.04 Å². The highest BCUT2D eigenvalue weighted by atomic mass is 79.9. The minimum Gasteiger partial charge on any atom is -0.493 e. The van der Waals surface area contributed by atoms with E-state index in [4.69, 9.17) is 19.9 Å². The number of carboxylic acid groups (broad SMARTS) is 1. The molecular formula is C15H19BrN2O7. The van der Waals surface area contributed by atoms with E-state index in [1.54, 1.807) is 0 Å². The van der Waals surface area contributed by atoms with Crippen LogP contribution in [0.2, 0.25) is 0 Å². The van der Waals surface area contributed by atoms with E-state index >= 15 is 0 Å². The van der Waals surface area contributed by atoms with Gasteiger partial charge in [0.05, 0.1) is 31.4 Å². The molecule has 1 atom stereocenters. The fourth-order valence-corrected chi connectivity index (χ4v) is 2.70. The Labute approximate surface area is 152 Å². The Balaban J connectivity index is 3.19. The first kappa shape index (κ1) is 20.6. The molecule has 0 fully saturated rings. The van der Waals surface area contributed by atoms with Crippen molar-refractivity contribution in [1.82, 2.24) is 5.32 Å². The maximum atomic E-state index is 12.5. The average molecular weight is 419 g/mol. The molecule has 0 radical (unpaired) electrons. The number of primary amides is 1. The number of nitrogens with two attached hydrogens (primary N) is 1. The minimum atomic E-state index is -1.28. The van der Waals surface area contributed by atoms with E-state index in [1.807, 2.05) is 0 Å².